The number of rotatable bonds is 8. The molecule has 6 heteroatoms. The molecule has 6 nitrogen and oxygen atoms in total. The van der Waals surface area contributed by atoms with Crippen molar-refractivity contribution in [2.75, 3.05) is 30.3 Å². The van der Waals surface area contributed by atoms with Gasteiger partial charge in [-0.05, 0) is 62.5 Å². The van der Waals surface area contributed by atoms with Crippen molar-refractivity contribution in [2.45, 2.75) is 32.2 Å². The van der Waals surface area contributed by atoms with Crippen molar-refractivity contribution in [3.05, 3.63) is 77.6 Å². The Morgan fingerprint density at radius 1 is 1.10 bits per heavy atom. The van der Waals surface area contributed by atoms with Gasteiger partial charge in [0.25, 0.3) is 5.91 Å². The Labute approximate surface area is 177 Å². The van der Waals surface area contributed by atoms with E-state index in [2.05, 4.69) is 32.8 Å². The van der Waals surface area contributed by atoms with E-state index in [4.69, 9.17) is 4.52 Å². The third-order valence-corrected chi connectivity index (χ3v) is 5.43. The number of hydrogen-bond donors (Lipinski definition) is 2. The Kier molecular flexibility index (Phi) is 6.44. The average molecular weight is 405 g/mol. The highest BCUT2D eigenvalue weighted by Gasteiger charge is 2.22. The summed E-state index contributed by atoms with van der Waals surface area (Å²) in [5, 5.41) is 10.1. The molecule has 3 aromatic rings. The first kappa shape index (κ1) is 20.2. The van der Waals surface area contributed by atoms with Crippen LogP contribution in [0.4, 0.5) is 11.5 Å². The van der Waals surface area contributed by atoms with Gasteiger partial charge in [0, 0.05) is 18.3 Å². The molecular formula is C24H28N4O2. The lowest BCUT2D eigenvalue weighted by Crippen LogP contribution is -2.27. The monoisotopic (exact) mass is 404 g/mol. The van der Waals surface area contributed by atoms with E-state index in [0.717, 1.165) is 24.2 Å². The van der Waals surface area contributed by atoms with Gasteiger partial charge in [-0.25, -0.2) is 0 Å². The summed E-state index contributed by atoms with van der Waals surface area (Å²) < 4.78 is 5.06. The molecule has 1 saturated heterocycles. The maximum atomic E-state index is 13.0. The van der Waals surface area contributed by atoms with Crippen molar-refractivity contribution in [3.63, 3.8) is 0 Å². The van der Waals surface area contributed by atoms with E-state index in [0.29, 0.717) is 11.6 Å². The second kappa shape index (κ2) is 9.59. The SMILES string of the molecule is Cc1cc(NC(=O)C(Nc2cccc(CCN3CCCC3)c2)c2ccccc2)no1. The third kappa shape index (κ3) is 5.27. The van der Waals surface area contributed by atoms with Gasteiger partial charge in [-0.2, -0.15) is 0 Å². The number of amides is 1. The summed E-state index contributed by atoms with van der Waals surface area (Å²) in [5.74, 6) is 0.886. The number of aromatic nitrogens is 1. The molecule has 0 radical (unpaired) electrons. The normalized spacial score (nSPS) is 15.1. The minimum Gasteiger partial charge on any atom is -0.370 e. The van der Waals surface area contributed by atoms with Gasteiger partial charge in [-0.15, -0.1) is 0 Å². The summed E-state index contributed by atoms with van der Waals surface area (Å²) in [7, 11) is 0. The van der Waals surface area contributed by atoms with E-state index in [1.54, 1.807) is 13.0 Å². The highest BCUT2D eigenvalue weighted by molar-refractivity contribution is 5.96. The first-order valence-corrected chi connectivity index (χ1v) is 10.5. The summed E-state index contributed by atoms with van der Waals surface area (Å²) in [6.45, 7) is 5.28. The predicted octanol–water partition coefficient (Wildman–Crippen LogP) is 4.41. The lowest BCUT2D eigenvalue weighted by Gasteiger charge is -2.20. The molecule has 1 aliphatic heterocycles. The van der Waals surface area contributed by atoms with Crippen molar-refractivity contribution >= 4 is 17.4 Å². The van der Waals surface area contributed by atoms with Crippen LogP contribution < -0.4 is 10.6 Å². The summed E-state index contributed by atoms with van der Waals surface area (Å²) in [6.07, 6.45) is 3.62. The van der Waals surface area contributed by atoms with Crippen LogP contribution in [-0.4, -0.2) is 35.6 Å². The molecule has 1 aliphatic rings. The topological polar surface area (TPSA) is 70.4 Å². The molecule has 0 spiro atoms. The number of anilines is 2. The van der Waals surface area contributed by atoms with Crippen LogP contribution in [-0.2, 0) is 11.2 Å². The molecular weight excluding hydrogens is 376 g/mol. The molecule has 0 bridgehead atoms. The van der Waals surface area contributed by atoms with Crippen LogP contribution in [0.2, 0.25) is 0 Å². The third-order valence-electron chi connectivity index (χ3n) is 5.43. The molecule has 0 saturated carbocycles. The largest absolute Gasteiger partial charge is 0.370 e. The van der Waals surface area contributed by atoms with Gasteiger partial charge in [0.2, 0.25) is 0 Å². The van der Waals surface area contributed by atoms with Crippen molar-refractivity contribution in [3.8, 4) is 0 Å². The Bertz CT molecular complexity index is 964. The van der Waals surface area contributed by atoms with E-state index in [1.807, 2.05) is 42.5 Å². The summed E-state index contributed by atoms with van der Waals surface area (Å²) in [6, 6.07) is 19.2. The lowest BCUT2D eigenvalue weighted by molar-refractivity contribution is -0.117. The van der Waals surface area contributed by atoms with Gasteiger partial charge in [0.05, 0.1) is 0 Å². The van der Waals surface area contributed by atoms with Crippen molar-refractivity contribution in [1.82, 2.24) is 10.1 Å². The molecule has 1 fully saturated rings. The Hall–Kier alpha value is -3.12. The number of hydrogen-bond acceptors (Lipinski definition) is 5. The van der Waals surface area contributed by atoms with Gasteiger partial charge in [-0.3, -0.25) is 4.79 Å². The zero-order valence-electron chi connectivity index (χ0n) is 17.3. The fourth-order valence-corrected chi connectivity index (χ4v) is 3.85. The number of carbonyl (C=O) groups is 1. The molecule has 1 amide bonds. The van der Waals surface area contributed by atoms with Crippen LogP contribution in [0, 0.1) is 6.92 Å². The van der Waals surface area contributed by atoms with E-state index < -0.39 is 6.04 Å². The molecule has 2 heterocycles. The van der Waals surface area contributed by atoms with Gasteiger partial charge in [0.15, 0.2) is 5.82 Å². The van der Waals surface area contributed by atoms with Crippen LogP contribution in [0.25, 0.3) is 0 Å². The summed E-state index contributed by atoms with van der Waals surface area (Å²) in [5.41, 5.74) is 3.08. The summed E-state index contributed by atoms with van der Waals surface area (Å²) >= 11 is 0. The lowest BCUT2D eigenvalue weighted by atomic mass is 10.0. The number of benzene rings is 2. The Morgan fingerprint density at radius 2 is 1.90 bits per heavy atom. The van der Waals surface area contributed by atoms with E-state index in [9.17, 15) is 4.79 Å². The molecule has 2 N–H and O–H groups in total. The number of nitrogens with zero attached hydrogens (tertiary/aromatic N) is 2. The molecule has 2 aromatic carbocycles. The van der Waals surface area contributed by atoms with Gasteiger partial charge in [0.1, 0.15) is 11.8 Å². The smallest absolute Gasteiger partial charge is 0.252 e. The number of likely N-dealkylation sites (tertiary alicyclic amines) is 1. The fourth-order valence-electron chi connectivity index (χ4n) is 3.85. The van der Waals surface area contributed by atoms with E-state index >= 15 is 0 Å². The van der Waals surface area contributed by atoms with Crippen LogP contribution in [0.1, 0.15) is 35.8 Å². The molecule has 1 unspecified atom stereocenters. The van der Waals surface area contributed by atoms with E-state index in [1.165, 1.54) is 31.5 Å². The Morgan fingerprint density at radius 3 is 2.63 bits per heavy atom. The van der Waals surface area contributed by atoms with Gasteiger partial charge >= 0.3 is 0 Å². The van der Waals surface area contributed by atoms with Crippen molar-refractivity contribution < 1.29 is 9.32 Å². The second-order valence-corrected chi connectivity index (χ2v) is 7.80. The minimum atomic E-state index is -0.544. The molecule has 0 aliphatic carbocycles. The predicted molar refractivity (Wildman–Crippen MR) is 118 cm³/mol. The second-order valence-electron chi connectivity index (χ2n) is 7.80. The van der Waals surface area contributed by atoms with Crippen LogP contribution in [0.5, 0.6) is 0 Å². The zero-order chi connectivity index (χ0) is 20.8. The average Bonchev–Trinajstić information content (AvgIpc) is 3.43. The molecule has 4 rings (SSSR count). The van der Waals surface area contributed by atoms with E-state index in [-0.39, 0.29) is 5.91 Å². The van der Waals surface area contributed by atoms with Gasteiger partial charge in [-0.1, -0.05) is 47.6 Å². The highest BCUT2D eigenvalue weighted by Crippen LogP contribution is 2.23. The molecule has 1 aromatic heterocycles. The standard InChI is InChI=1S/C24H28N4O2/c1-18-16-22(27-30-18)26-24(29)23(20-9-3-2-4-10-20)25-21-11-7-8-19(17-21)12-15-28-13-5-6-14-28/h2-4,7-11,16-17,23,25H,5-6,12-15H2,1H3,(H,26,27,29). The molecule has 156 valence electrons. The van der Waals surface area contributed by atoms with Crippen LogP contribution >= 0.6 is 0 Å². The highest BCUT2D eigenvalue weighted by atomic mass is 16.5. The van der Waals surface area contributed by atoms with Crippen LogP contribution in [0.15, 0.2) is 65.2 Å². The minimum absolute atomic E-state index is 0.183. The summed E-state index contributed by atoms with van der Waals surface area (Å²) in [4.78, 5) is 15.6. The number of carbonyl (C=O) groups excluding carboxylic acids is 1. The van der Waals surface area contributed by atoms with Crippen molar-refractivity contribution in [1.29, 1.82) is 0 Å². The van der Waals surface area contributed by atoms with Crippen LogP contribution in [0.3, 0.4) is 0 Å². The number of aryl methyl sites for hydroxylation is 1. The number of nitrogens with one attached hydrogen (secondary N) is 2. The fraction of sp³-hybridized carbons (Fsp3) is 0.333. The maximum absolute atomic E-state index is 13.0. The quantitative estimate of drug-likeness (QED) is 0.582. The molecule has 30 heavy (non-hydrogen) atoms. The maximum Gasteiger partial charge on any atom is 0.252 e. The Balaban J connectivity index is 1.48. The van der Waals surface area contributed by atoms with Gasteiger partial charge < -0.3 is 20.1 Å². The zero-order valence-corrected chi connectivity index (χ0v) is 17.3. The molecule has 1 atom stereocenters. The van der Waals surface area contributed by atoms with Crippen molar-refractivity contribution in [2.24, 2.45) is 0 Å². The first-order chi connectivity index (χ1) is 14.7. The first-order valence-electron chi connectivity index (χ1n) is 10.5.